The van der Waals surface area contributed by atoms with Crippen molar-refractivity contribution in [3.63, 3.8) is 0 Å². The highest BCUT2D eigenvalue weighted by atomic mass is 32.2. The van der Waals surface area contributed by atoms with E-state index < -0.39 is 11.5 Å². The highest BCUT2D eigenvalue weighted by Gasteiger charge is 2.42. The normalized spacial score (nSPS) is 23.0. The molecule has 22 heavy (non-hydrogen) atoms. The second-order valence-corrected chi connectivity index (χ2v) is 7.03. The molecule has 2 aliphatic heterocycles. The molecule has 0 spiro atoms. The first kappa shape index (κ1) is 15.2. The predicted molar refractivity (Wildman–Crippen MR) is 84.2 cm³/mol. The zero-order chi connectivity index (χ0) is 15.6. The molecule has 1 amide bonds. The van der Waals surface area contributed by atoms with Crippen LogP contribution in [0.4, 0.5) is 0 Å². The van der Waals surface area contributed by atoms with Crippen molar-refractivity contribution in [1.29, 1.82) is 0 Å². The molecule has 1 fully saturated rings. The molecule has 5 nitrogen and oxygen atoms in total. The van der Waals surface area contributed by atoms with Crippen LogP contribution in [0, 0.1) is 5.92 Å². The first-order valence-corrected chi connectivity index (χ1v) is 8.60. The third-order valence-electron chi connectivity index (χ3n) is 4.37. The van der Waals surface area contributed by atoms with E-state index >= 15 is 0 Å². The van der Waals surface area contributed by atoms with E-state index in [0.29, 0.717) is 25.9 Å². The molecule has 0 saturated carbocycles. The lowest BCUT2D eigenvalue weighted by Crippen LogP contribution is -2.58. The standard InChI is InChI=1S/C16H19NO4S/c18-14(17-16(15(19)20)5-7-22-8-6-16)12-9-11-3-1-2-4-13(11)21-10-12/h1-4,12H,5-10H2,(H,17,18)(H,19,20). The molecule has 0 radical (unpaired) electrons. The Bertz CT molecular complexity index is 583. The molecule has 1 aromatic carbocycles. The highest BCUT2D eigenvalue weighted by Crippen LogP contribution is 2.30. The van der Waals surface area contributed by atoms with Gasteiger partial charge in [0.05, 0.1) is 5.92 Å². The summed E-state index contributed by atoms with van der Waals surface area (Å²) in [6.07, 6.45) is 1.54. The number of carbonyl (C=O) groups is 2. The maximum atomic E-state index is 12.5. The number of hydrogen-bond acceptors (Lipinski definition) is 4. The first-order chi connectivity index (χ1) is 10.6. The second kappa shape index (κ2) is 6.20. The van der Waals surface area contributed by atoms with Gasteiger partial charge in [0.1, 0.15) is 17.9 Å². The minimum atomic E-state index is -1.11. The van der Waals surface area contributed by atoms with Gasteiger partial charge in [0.25, 0.3) is 0 Å². The van der Waals surface area contributed by atoms with Crippen LogP contribution >= 0.6 is 11.8 Å². The number of hydrogen-bond donors (Lipinski definition) is 2. The molecule has 1 saturated heterocycles. The van der Waals surface area contributed by atoms with E-state index in [2.05, 4.69) is 5.32 Å². The number of para-hydroxylation sites is 1. The van der Waals surface area contributed by atoms with E-state index in [4.69, 9.17) is 4.74 Å². The van der Waals surface area contributed by atoms with Crippen LogP contribution in [0.2, 0.25) is 0 Å². The third kappa shape index (κ3) is 2.92. The lowest BCUT2D eigenvalue weighted by atomic mass is 9.89. The third-order valence-corrected chi connectivity index (χ3v) is 5.35. The molecule has 6 heteroatoms. The number of thioether (sulfide) groups is 1. The molecule has 1 atom stereocenters. The SMILES string of the molecule is O=C(NC1(C(=O)O)CCSCC1)C1COc2ccccc2C1. The molecule has 1 aromatic rings. The van der Waals surface area contributed by atoms with Gasteiger partial charge in [-0.15, -0.1) is 0 Å². The van der Waals surface area contributed by atoms with Crippen LogP contribution in [0.5, 0.6) is 5.75 Å². The molecule has 1 unspecified atom stereocenters. The number of fused-ring (bicyclic) bond motifs is 1. The van der Waals surface area contributed by atoms with Crippen molar-refractivity contribution >= 4 is 23.6 Å². The van der Waals surface area contributed by atoms with Crippen molar-refractivity contribution < 1.29 is 19.4 Å². The van der Waals surface area contributed by atoms with Crippen molar-refractivity contribution in [1.82, 2.24) is 5.32 Å². The quantitative estimate of drug-likeness (QED) is 0.886. The van der Waals surface area contributed by atoms with Gasteiger partial charge in [-0.3, -0.25) is 4.79 Å². The Balaban J connectivity index is 1.70. The summed E-state index contributed by atoms with van der Waals surface area (Å²) < 4.78 is 5.63. The second-order valence-electron chi connectivity index (χ2n) is 5.81. The topological polar surface area (TPSA) is 75.6 Å². The Morgan fingerprint density at radius 1 is 1.27 bits per heavy atom. The molecular weight excluding hydrogens is 302 g/mol. The van der Waals surface area contributed by atoms with Crippen LogP contribution in [0.25, 0.3) is 0 Å². The molecule has 0 aliphatic carbocycles. The number of amides is 1. The summed E-state index contributed by atoms with van der Waals surface area (Å²) in [5, 5.41) is 12.3. The average molecular weight is 321 g/mol. The fraction of sp³-hybridized carbons (Fsp3) is 0.500. The minimum absolute atomic E-state index is 0.219. The lowest BCUT2D eigenvalue weighted by molar-refractivity contribution is -0.149. The maximum Gasteiger partial charge on any atom is 0.329 e. The summed E-state index contributed by atoms with van der Waals surface area (Å²) in [7, 11) is 0. The number of aliphatic carboxylic acids is 1. The van der Waals surface area contributed by atoms with Gasteiger partial charge in [-0.05, 0) is 42.4 Å². The van der Waals surface area contributed by atoms with Gasteiger partial charge in [0, 0.05) is 0 Å². The maximum absolute atomic E-state index is 12.5. The van der Waals surface area contributed by atoms with Crippen molar-refractivity contribution in [2.45, 2.75) is 24.8 Å². The molecule has 2 N–H and O–H groups in total. The van der Waals surface area contributed by atoms with Gasteiger partial charge >= 0.3 is 5.97 Å². The van der Waals surface area contributed by atoms with Gasteiger partial charge in [-0.1, -0.05) is 18.2 Å². The largest absolute Gasteiger partial charge is 0.492 e. The summed E-state index contributed by atoms with van der Waals surface area (Å²) in [6.45, 7) is 0.299. The number of nitrogens with one attached hydrogen (secondary N) is 1. The molecule has 0 bridgehead atoms. The predicted octanol–water partition coefficient (Wildman–Crippen LogP) is 1.70. The summed E-state index contributed by atoms with van der Waals surface area (Å²) >= 11 is 1.73. The lowest BCUT2D eigenvalue weighted by Gasteiger charge is -2.35. The Hall–Kier alpha value is -1.69. The fourth-order valence-corrected chi connectivity index (χ4v) is 4.14. The molecule has 2 aliphatic rings. The average Bonchev–Trinajstić information content (AvgIpc) is 2.55. The van der Waals surface area contributed by atoms with Gasteiger partial charge in [0.2, 0.25) is 5.91 Å². The van der Waals surface area contributed by atoms with Gasteiger partial charge in [-0.2, -0.15) is 11.8 Å². The molecule has 3 rings (SSSR count). The number of rotatable bonds is 3. The monoisotopic (exact) mass is 321 g/mol. The number of carboxylic acid groups (broad SMARTS) is 1. The summed E-state index contributed by atoms with van der Waals surface area (Å²) in [5.41, 5.74) is -0.114. The summed E-state index contributed by atoms with van der Waals surface area (Å²) in [4.78, 5) is 24.2. The van der Waals surface area contributed by atoms with Crippen LogP contribution in [0.1, 0.15) is 18.4 Å². The zero-order valence-electron chi connectivity index (χ0n) is 12.2. The Labute approximate surface area is 133 Å². The van der Waals surface area contributed by atoms with Crippen LogP contribution in [-0.2, 0) is 16.0 Å². The van der Waals surface area contributed by atoms with Gasteiger partial charge < -0.3 is 15.2 Å². The highest BCUT2D eigenvalue weighted by molar-refractivity contribution is 7.99. The van der Waals surface area contributed by atoms with E-state index in [1.807, 2.05) is 24.3 Å². The minimum Gasteiger partial charge on any atom is -0.492 e. The number of benzene rings is 1. The van der Waals surface area contributed by atoms with E-state index in [0.717, 1.165) is 22.8 Å². The van der Waals surface area contributed by atoms with E-state index in [9.17, 15) is 14.7 Å². The van der Waals surface area contributed by atoms with E-state index in [-0.39, 0.29) is 11.8 Å². The first-order valence-electron chi connectivity index (χ1n) is 7.45. The Morgan fingerprint density at radius 2 is 2.00 bits per heavy atom. The zero-order valence-corrected chi connectivity index (χ0v) is 13.0. The summed E-state index contributed by atoms with van der Waals surface area (Å²) in [6, 6.07) is 7.65. The van der Waals surface area contributed by atoms with Gasteiger partial charge in [-0.25, -0.2) is 4.79 Å². The number of carbonyl (C=O) groups excluding carboxylic acids is 1. The molecular formula is C16H19NO4S. The van der Waals surface area contributed by atoms with Gasteiger partial charge in [0.15, 0.2) is 0 Å². The van der Waals surface area contributed by atoms with E-state index in [1.54, 1.807) is 11.8 Å². The molecule has 0 aromatic heterocycles. The number of carboxylic acids is 1. The molecule has 118 valence electrons. The summed E-state index contributed by atoms with van der Waals surface area (Å²) in [5.74, 6) is 0.851. The smallest absolute Gasteiger partial charge is 0.329 e. The molecule has 2 heterocycles. The Kier molecular flexibility index (Phi) is 4.29. The van der Waals surface area contributed by atoms with Crippen molar-refractivity contribution in [3.8, 4) is 5.75 Å². The van der Waals surface area contributed by atoms with Crippen LogP contribution in [0.3, 0.4) is 0 Å². The van der Waals surface area contributed by atoms with E-state index in [1.165, 1.54) is 0 Å². The van der Waals surface area contributed by atoms with Crippen molar-refractivity contribution in [3.05, 3.63) is 29.8 Å². The fourth-order valence-electron chi connectivity index (χ4n) is 2.95. The van der Waals surface area contributed by atoms with Crippen molar-refractivity contribution in [2.24, 2.45) is 5.92 Å². The van der Waals surface area contributed by atoms with Crippen molar-refractivity contribution in [2.75, 3.05) is 18.1 Å². The Morgan fingerprint density at radius 3 is 2.73 bits per heavy atom. The van der Waals surface area contributed by atoms with Crippen LogP contribution in [-0.4, -0.2) is 40.6 Å². The van der Waals surface area contributed by atoms with Crippen LogP contribution in [0.15, 0.2) is 24.3 Å². The van der Waals surface area contributed by atoms with Crippen LogP contribution < -0.4 is 10.1 Å². The number of ether oxygens (including phenoxy) is 1.